The average molecular weight is 392 g/mol. The lowest BCUT2D eigenvalue weighted by Crippen LogP contribution is -2.51. The topological polar surface area (TPSA) is 74.9 Å². The van der Waals surface area contributed by atoms with E-state index in [2.05, 4.69) is 25.7 Å². The van der Waals surface area contributed by atoms with E-state index in [1.807, 2.05) is 20.9 Å². The molecule has 1 aliphatic heterocycles. The summed E-state index contributed by atoms with van der Waals surface area (Å²) in [5.74, 6) is 1.80. The van der Waals surface area contributed by atoms with Gasteiger partial charge in [-0.25, -0.2) is 0 Å². The molecule has 2 N–H and O–H groups in total. The Labute approximate surface area is 169 Å². The second kappa shape index (κ2) is 10.3. The molecule has 7 heteroatoms. The molecule has 158 valence electrons. The van der Waals surface area contributed by atoms with Crippen LogP contribution in [0.15, 0.2) is 9.52 Å². The number of ether oxygens (including phenoxy) is 1. The Balaban J connectivity index is 1.50. The first kappa shape index (κ1) is 21.1. The van der Waals surface area contributed by atoms with E-state index in [4.69, 9.17) is 9.26 Å². The van der Waals surface area contributed by atoms with Crippen LogP contribution in [0.2, 0.25) is 0 Å². The molecule has 1 aromatic heterocycles. The van der Waals surface area contributed by atoms with Crippen molar-refractivity contribution in [2.75, 3.05) is 53.0 Å². The number of nitrogens with one attached hydrogen (secondary N) is 2. The Morgan fingerprint density at radius 2 is 1.89 bits per heavy atom. The number of morpholine rings is 1. The number of aryl methyl sites for hydroxylation is 2. The minimum Gasteiger partial charge on any atom is -0.379 e. The number of hydrogen-bond donors (Lipinski definition) is 2. The van der Waals surface area contributed by atoms with Gasteiger partial charge in [0.1, 0.15) is 5.76 Å². The predicted octanol–water partition coefficient (Wildman–Crippen LogP) is 2.28. The van der Waals surface area contributed by atoms with Crippen LogP contribution in [-0.2, 0) is 11.2 Å². The van der Waals surface area contributed by atoms with E-state index in [-0.39, 0.29) is 0 Å². The molecule has 2 heterocycles. The summed E-state index contributed by atoms with van der Waals surface area (Å²) in [5.41, 5.74) is 2.52. The van der Waals surface area contributed by atoms with Gasteiger partial charge in [-0.2, -0.15) is 0 Å². The van der Waals surface area contributed by atoms with E-state index in [0.29, 0.717) is 5.41 Å². The summed E-state index contributed by atoms with van der Waals surface area (Å²) in [6.45, 7) is 10.8. The van der Waals surface area contributed by atoms with Crippen molar-refractivity contribution in [2.45, 2.75) is 52.4 Å². The van der Waals surface area contributed by atoms with E-state index in [0.717, 1.165) is 63.2 Å². The van der Waals surface area contributed by atoms with Gasteiger partial charge in [0.2, 0.25) is 0 Å². The summed E-state index contributed by atoms with van der Waals surface area (Å²) >= 11 is 0. The number of aromatic nitrogens is 1. The molecule has 1 aliphatic carbocycles. The highest BCUT2D eigenvalue weighted by atomic mass is 16.5. The summed E-state index contributed by atoms with van der Waals surface area (Å²) in [7, 11) is 1.85. The summed E-state index contributed by atoms with van der Waals surface area (Å²) in [4.78, 5) is 7.02. The van der Waals surface area contributed by atoms with Crippen molar-refractivity contribution >= 4 is 5.96 Å². The van der Waals surface area contributed by atoms with Crippen LogP contribution in [0.4, 0.5) is 0 Å². The van der Waals surface area contributed by atoms with Crippen molar-refractivity contribution in [1.29, 1.82) is 0 Å². The standard InChI is InChI=1S/C21H37N5O2/c1-17-19(18(2)28-25-17)7-10-23-20(22-3)24-15-21(8-5-4-6-9-21)16-26-11-13-27-14-12-26/h4-16H2,1-3H3,(H2,22,23,24). The molecule has 0 bridgehead atoms. The molecule has 0 radical (unpaired) electrons. The van der Waals surface area contributed by atoms with Gasteiger partial charge in [-0.05, 0) is 33.1 Å². The van der Waals surface area contributed by atoms with E-state index < -0.39 is 0 Å². The molecule has 0 spiro atoms. The Bertz CT molecular complexity index is 611. The summed E-state index contributed by atoms with van der Waals surface area (Å²) in [6.07, 6.45) is 7.53. The van der Waals surface area contributed by atoms with Gasteiger partial charge in [0.05, 0.1) is 18.9 Å². The molecule has 1 saturated carbocycles. The van der Waals surface area contributed by atoms with Gasteiger partial charge in [-0.15, -0.1) is 0 Å². The van der Waals surface area contributed by atoms with Crippen molar-refractivity contribution < 1.29 is 9.26 Å². The molecule has 2 aliphatic rings. The molecule has 3 rings (SSSR count). The fraction of sp³-hybridized carbons (Fsp3) is 0.810. The van der Waals surface area contributed by atoms with Crippen LogP contribution < -0.4 is 10.6 Å². The lowest BCUT2D eigenvalue weighted by atomic mass is 9.73. The van der Waals surface area contributed by atoms with E-state index in [1.165, 1.54) is 44.2 Å². The Hall–Kier alpha value is -1.60. The fourth-order valence-corrected chi connectivity index (χ4v) is 4.58. The van der Waals surface area contributed by atoms with Crippen LogP contribution in [0.1, 0.15) is 49.1 Å². The lowest BCUT2D eigenvalue weighted by Gasteiger charge is -2.42. The minimum atomic E-state index is 0.342. The van der Waals surface area contributed by atoms with Crippen LogP contribution >= 0.6 is 0 Å². The molecule has 0 unspecified atom stereocenters. The van der Waals surface area contributed by atoms with Gasteiger partial charge in [-0.3, -0.25) is 9.89 Å². The third kappa shape index (κ3) is 5.70. The van der Waals surface area contributed by atoms with Crippen LogP contribution in [0.3, 0.4) is 0 Å². The number of guanidine groups is 1. The maximum Gasteiger partial charge on any atom is 0.191 e. The monoisotopic (exact) mass is 391 g/mol. The zero-order valence-corrected chi connectivity index (χ0v) is 17.9. The van der Waals surface area contributed by atoms with E-state index in [9.17, 15) is 0 Å². The van der Waals surface area contributed by atoms with Crippen molar-refractivity contribution in [3.8, 4) is 0 Å². The van der Waals surface area contributed by atoms with Gasteiger partial charge in [0, 0.05) is 50.7 Å². The summed E-state index contributed by atoms with van der Waals surface area (Å²) in [6, 6.07) is 0. The second-order valence-electron chi connectivity index (χ2n) is 8.35. The second-order valence-corrected chi connectivity index (χ2v) is 8.35. The molecule has 7 nitrogen and oxygen atoms in total. The first-order chi connectivity index (χ1) is 13.6. The lowest BCUT2D eigenvalue weighted by molar-refractivity contribution is 0.00820. The predicted molar refractivity (Wildman–Crippen MR) is 112 cm³/mol. The van der Waals surface area contributed by atoms with Crippen LogP contribution in [0.25, 0.3) is 0 Å². The highest BCUT2D eigenvalue weighted by molar-refractivity contribution is 5.79. The zero-order chi connectivity index (χ0) is 19.8. The zero-order valence-electron chi connectivity index (χ0n) is 17.9. The Morgan fingerprint density at radius 1 is 1.14 bits per heavy atom. The van der Waals surface area contributed by atoms with Gasteiger partial charge in [0.25, 0.3) is 0 Å². The molecule has 0 atom stereocenters. The molecule has 0 amide bonds. The Morgan fingerprint density at radius 3 is 2.54 bits per heavy atom. The number of rotatable bonds is 7. The average Bonchev–Trinajstić information content (AvgIpc) is 3.04. The molecular weight excluding hydrogens is 354 g/mol. The smallest absolute Gasteiger partial charge is 0.191 e. The molecular formula is C21H37N5O2. The Kier molecular flexibility index (Phi) is 7.73. The maximum atomic E-state index is 5.53. The molecule has 1 saturated heterocycles. The third-order valence-electron chi connectivity index (χ3n) is 6.28. The number of nitrogens with zero attached hydrogens (tertiary/aromatic N) is 3. The highest BCUT2D eigenvalue weighted by Gasteiger charge is 2.34. The van der Waals surface area contributed by atoms with Gasteiger partial charge >= 0.3 is 0 Å². The fourth-order valence-electron chi connectivity index (χ4n) is 4.58. The highest BCUT2D eigenvalue weighted by Crippen LogP contribution is 2.36. The minimum absolute atomic E-state index is 0.342. The van der Waals surface area contributed by atoms with Gasteiger partial charge < -0.3 is 19.9 Å². The summed E-state index contributed by atoms with van der Waals surface area (Å²) in [5, 5.41) is 11.1. The van der Waals surface area contributed by atoms with Crippen LogP contribution in [0, 0.1) is 19.3 Å². The molecule has 0 aromatic carbocycles. The normalized spacial score (nSPS) is 20.9. The first-order valence-corrected chi connectivity index (χ1v) is 10.8. The molecule has 1 aromatic rings. The SMILES string of the molecule is CN=C(NCCc1c(C)noc1C)NCC1(CN2CCOCC2)CCCCC1. The van der Waals surface area contributed by atoms with E-state index in [1.54, 1.807) is 0 Å². The van der Waals surface area contributed by atoms with Gasteiger partial charge in [0.15, 0.2) is 5.96 Å². The van der Waals surface area contributed by atoms with Crippen molar-refractivity contribution in [3.05, 3.63) is 17.0 Å². The van der Waals surface area contributed by atoms with Gasteiger partial charge in [-0.1, -0.05) is 24.4 Å². The largest absolute Gasteiger partial charge is 0.379 e. The van der Waals surface area contributed by atoms with Crippen molar-refractivity contribution in [1.82, 2.24) is 20.7 Å². The van der Waals surface area contributed by atoms with Crippen molar-refractivity contribution in [2.24, 2.45) is 10.4 Å². The van der Waals surface area contributed by atoms with Crippen LogP contribution in [0.5, 0.6) is 0 Å². The van der Waals surface area contributed by atoms with Crippen molar-refractivity contribution in [3.63, 3.8) is 0 Å². The number of hydrogen-bond acceptors (Lipinski definition) is 5. The van der Waals surface area contributed by atoms with Crippen LogP contribution in [-0.4, -0.2) is 69.0 Å². The summed E-state index contributed by atoms with van der Waals surface area (Å²) < 4.78 is 10.8. The maximum absolute atomic E-state index is 5.53. The number of aliphatic imine (C=N–C) groups is 1. The molecule has 2 fully saturated rings. The third-order valence-corrected chi connectivity index (χ3v) is 6.28. The van der Waals surface area contributed by atoms with E-state index >= 15 is 0 Å². The first-order valence-electron chi connectivity index (χ1n) is 10.8. The quantitative estimate of drug-likeness (QED) is 0.549. The molecule has 28 heavy (non-hydrogen) atoms.